The lowest BCUT2D eigenvalue weighted by atomic mass is 10.4. The molecular formula is C16H22N4O3. The van der Waals surface area contributed by atoms with Crippen LogP contribution in [-0.4, -0.2) is 66.2 Å². The number of aryl methyl sites for hydroxylation is 1. The Bertz CT molecular complexity index is 664. The zero-order valence-corrected chi connectivity index (χ0v) is 13.3. The minimum absolute atomic E-state index is 0.00527. The molecule has 0 spiro atoms. The van der Waals surface area contributed by atoms with Crippen molar-refractivity contribution in [3.8, 4) is 5.75 Å². The van der Waals surface area contributed by atoms with Crippen molar-refractivity contribution in [1.29, 1.82) is 0 Å². The van der Waals surface area contributed by atoms with Gasteiger partial charge < -0.3 is 19.2 Å². The van der Waals surface area contributed by atoms with Gasteiger partial charge in [-0.3, -0.25) is 9.69 Å². The van der Waals surface area contributed by atoms with Crippen LogP contribution in [0.25, 0.3) is 5.65 Å². The Morgan fingerprint density at radius 3 is 3.09 bits per heavy atom. The van der Waals surface area contributed by atoms with Crippen molar-refractivity contribution in [3.05, 3.63) is 30.2 Å². The SMILES string of the molecule is Cc1cn2cccc(OCC(=O)NCCN3CCOCC3)c2n1. The minimum atomic E-state index is -0.122. The van der Waals surface area contributed by atoms with E-state index in [0.29, 0.717) is 12.3 Å². The Hall–Kier alpha value is -2.12. The van der Waals surface area contributed by atoms with Gasteiger partial charge in [0.05, 0.1) is 18.9 Å². The highest BCUT2D eigenvalue weighted by Gasteiger charge is 2.11. The number of hydrogen-bond donors (Lipinski definition) is 1. The van der Waals surface area contributed by atoms with E-state index >= 15 is 0 Å². The summed E-state index contributed by atoms with van der Waals surface area (Å²) in [5.74, 6) is 0.493. The van der Waals surface area contributed by atoms with Crippen molar-refractivity contribution in [1.82, 2.24) is 19.6 Å². The van der Waals surface area contributed by atoms with Gasteiger partial charge in [-0.15, -0.1) is 0 Å². The molecule has 1 N–H and O–H groups in total. The van der Waals surface area contributed by atoms with Gasteiger partial charge in [0, 0.05) is 38.6 Å². The molecule has 2 aromatic heterocycles. The van der Waals surface area contributed by atoms with E-state index in [2.05, 4.69) is 15.2 Å². The average Bonchev–Trinajstić information content (AvgIpc) is 2.94. The molecular weight excluding hydrogens is 296 g/mol. The van der Waals surface area contributed by atoms with E-state index in [1.165, 1.54) is 0 Å². The zero-order chi connectivity index (χ0) is 16.1. The molecule has 1 aliphatic rings. The first-order chi connectivity index (χ1) is 11.2. The summed E-state index contributed by atoms with van der Waals surface area (Å²) >= 11 is 0. The van der Waals surface area contributed by atoms with E-state index in [-0.39, 0.29) is 12.5 Å². The number of morpholine rings is 1. The second kappa shape index (κ2) is 7.43. The van der Waals surface area contributed by atoms with E-state index in [9.17, 15) is 4.79 Å². The predicted molar refractivity (Wildman–Crippen MR) is 85.7 cm³/mol. The molecule has 1 amide bonds. The number of ether oxygens (including phenoxy) is 2. The summed E-state index contributed by atoms with van der Waals surface area (Å²) in [6.45, 7) is 6.76. The number of hydrogen-bond acceptors (Lipinski definition) is 5. The Morgan fingerprint density at radius 2 is 2.26 bits per heavy atom. The van der Waals surface area contributed by atoms with E-state index in [1.54, 1.807) is 0 Å². The molecule has 3 rings (SSSR count). The standard InChI is InChI=1S/C16H22N4O3/c1-13-11-20-5-2-3-14(16(20)18-13)23-12-15(21)17-4-6-19-7-9-22-10-8-19/h2-3,5,11H,4,6-10,12H2,1H3,(H,17,21). The van der Waals surface area contributed by atoms with Gasteiger partial charge in [-0.1, -0.05) is 0 Å². The lowest BCUT2D eigenvalue weighted by Crippen LogP contribution is -2.42. The molecule has 124 valence electrons. The molecule has 7 nitrogen and oxygen atoms in total. The third-order valence-corrected chi connectivity index (χ3v) is 3.78. The number of carbonyl (C=O) groups is 1. The first-order valence-corrected chi connectivity index (χ1v) is 7.86. The number of fused-ring (bicyclic) bond motifs is 1. The summed E-state index contributed by atoms with van der Waals surface area (Å²) in [5, 5.41) is 2.88. The van der Waals surface area contributed by atoms with Crippen LogP contribution in [0.5, 0.6) is 5.75 Å². The van der Waals surface area contributed by atoms with Crippen LogP contribution in [-0.2, 0) is 9.53 Å². The molecule has 3 heterocycles. The van der Waals surface area contributed by atoms with Crippen LogP contribution < -0.4 is 10.1 Å². The molecule has 0 aromatic carbocycles. The first-order valence-electron chi connectivity index (χ1n) is 7.86. The van der Waals surface area contributed by atoms with Crippen LogP contribution >= 0.6 is 0 Å². The molecule has 0 radical (unpaired) electrons. The number of carbonyl (C=O) groups excluding carboxylic acids is 1. The van der Waals surface area contributed by atoms with Crippen LogP contribution in [0, 0.1) is 6.92 Å². The average molecular weight is 318 g/mol. The zero-order valence-electron chi connectivity index (χ0n) is 13.3. The van der Waals surface area contributed by atoms with Gasteiger partial charge in [-0.25, -0.2) is 4.98 Å². The fourth-order valence-corrected chi connectivity index (χ4v) is 2.59. The van der Waals surface area contributed by atoms with Crippen LogP contribution in [0.4, 0.5) is 0 Å². The van der Waals surface area contributed by atoms with Gasteiger partial charge in [0.25, 0.3) is 5.91 Å². The predicted octanol–water partition coefficient (Wildman–Crippen LogP) is 0.470. The molecule has 2 aromatic rings. The molecule has 1 fully saturated rings. The second-order valence-electron chi connectivity index (χ2n) is 5.58. The maximum Gasteiger partial charge on any atom is 0.257 e. The van der Waals surface area contributed by atoms with Crippen molar-refractivity contribution in [2.24, 2.45) is 0 Å². The number of imidazole rings is 1. The highest BCUT2D eigenvalue weighted by molar-refractivity contribution is 5.77. The van der Waals surface area contributed by atoms with Gasteiger partial charge in [0.1, 0.15) is 0 Å². The van der Waals surface area contributed by atoms with Gasteiger partial charge >= 0.3 is 0 Å². The summed E-state index contributed by atoms with van der Waals surface area (Å²) in [5.41, 5.74) is 1.64. The smallest absolute Gasteiger partial charge is 0.257 e. The minimum Gasteiger partial charge on any atom is -0.480 e. The molecule has 0 bridgehead atoms. The summed E-state index contributed by atoms with van der Waals surface area (Å²) < 4.78 is 12.8. The third kappa shape index (κ3) is 4.20. The van der Waals surface area contributed by atoms with Crippen molar-refractivity contribution in [2.75, 3.05) is 46.0 Å². The molecule has 1 aliphatic heterocycles. The maximum absolute atomic E-state index is 11.9. The Kier molecular flexibility index (Phi) is 5.09. The van der Waals surface area contributed by atoms with Crippen molar-refractivity contribution >= 4 is 11.6 Å². The highest BCUT2D eigenvalue weighted by atomic mass is 16.5. The Balaban J connectivity index is 1.44. The summed E-state index contributed by atoms with van der Waals surface area (Å²) in [4.78, 5) is 18.6. The van der Waals surface area contributed by atoms with Crippen LogP contribution in [0.2, 0.25) is 0 Å². The molecule has 0 unspecified atom stereocenters. The van der Waals surface area contributed by atoms with Crippen molar-refractivity contribution < 1.29 is 14.3 Å². The molecule has 0 saturated carbocycles. The number of rotatable bonds is 6. The first kappa shape index (κ1) is 15.8. The fraction of sp³-hybridized carbons (Fsp3) is 0.500. The van der Waals surface area contributed by atoms with Gasteiger partial charge in [-0.05, 0) is 19.1 Å². The topological polar surface area (TPSA) is 68.1 Å². The normalized spacial score (nSPS) is 15.7. The van der Waals surface area contributed by atoms with Gasteiger partial charge in [0.15, 0.2) is 18.0 Å². The van der Waals surface area contributed by atoms with Crippen molar-refractivity contribution in [2.45, 2.75) is 6.92 Å². The summed E-state index contributed by atoms with van der Waals surface area (Å²) in [6, 6.07) is 3.70. The van der Waals surface area contributed by atoms with E-state index in [0.717, 1.165) is 44.2 Å². The number of amides is 1. The van der Waals surface area contributed by atoms with Gasteiger partial charge in [0.2, 0.25) is 0 Å². The van der Waals surface area contributed by atoms with Crippen LogP contribution in [0.3, 0.4) is 0 Å². The van der Waals surface area contributed by atoms with Crippen LogP contribution in [0.1, 0.15) is 5.69 Å². The fourth-order valence-electron chi connectivity index (χ4n) is 2.59. The number of pyridine rings is 1. The van der Waals surface area contributed by atoms with Gasteiger partial charge in [-0.2, -0.15) is 0 Å². The lowest BCUT2D eigenvalue weighted by molar-refractivity contribution is -0.123. The Morgan fingerprint density at radius 1 is 1.43 bits per heavy atom. The number of nitrogens with one attached hydrogen (secondary N) is 1. The maximum atomic E-state index is 11.9. The van der Waals surface area contributed by atoms with Crippen LogP contribution in [0.15, 0.2) is 24.5 Å². The highest BCUT2D eigenvalue weighted by Crippen LogP contribution is 2.18. The third-order valence-electron chi connectivity index (χ3n) is 3.78. The summed E-state index contributed by atoms with van der Waals surface area (Å²) in [7, 11) is 0. The molecule has 23 heavy (non-hydrogen) atoms. The second-order valence-corrected chi connectivity index (χ2v) is 5.58. The lowest BCUT2D eigenvalue weighted by Gasteiger charge is -2.26. The van der Waals surface area contributed by atoms with Crippen molar-refractivity contribution in [3.63, 3.8) is 0 Å². The Labute approximate surface area is 135 Å². The van der Waals surface area contributed by atoms with E-state index in [1.807, 2.05) is 35.9 Å². The van der Waals surface area contributed by atoms with E-state index < -0.39 is 0 Å². The monoisotopic (exact) mass is 318 g/mol. The molecule has 0 aliphatic carbocycles. The molecule has 7 heteroatoms. The number of nitrogens with zero attached hydrogens (tertiary/aromatic N) is 3. The quantitative estimate of drug-likeness (QED) is 0.838. The summed E-state index contributed by atoms with van der Waals surface area (Å²) in [6.07, 6.45) is 3.83. The largest absolute Gasteiger partial charge is 0.480 e. The number of aromatic nitrogens is 2. The molecule has 1 saturated heterocycles. The van der Waals surface area contributed by atoms with E-state index in [4.69, 9.17) is 9.47 Å². The molecule has 0 atom stereocenters.